The Balaban J connectivity index is 2.19. The van der Waals surface area contributed by atoms with Gasteiger partial charge in [0.05, 0.1) is 13.2 Å². The molecule has 0 spiro atoms. The highest BCUT2D eigenvalue weighted by Crippen LogP contribution is 2.22. The summed E-state index contributed by atoms with van der Waals surface area (Å²) in [4.78, 5) is 11.0. The molecular formula is C12H15Cl2NO3. The Kier molecular flexibility index (Phi) is 6.86. The van der Waals surface area contributed by atoms with Crippen LogP contribution < -0.4 is 5.32 Å². The van der Waals surface area contributed by atoms with Crippen molar-refractivity contribution in [2.45, 2.75) is 6.92 Å². The van der Waals surface area contributed by atoms with Crippen molar-refractivity contribution in [2.24, 2.45) is 0 Å². The number of nitrogens with one attached hydrogen (secondary N) is 1. The standard InChI is InChI=1S/C12H15Cl2NO3/c1-2-18-12(16)8-17-4-3-15-11-6-9(13)5-10(14)7-11/h5-7,15H,2-4,8H2,1H3. The summed E-state index contributed by atoms with van der Waals surface area (Å²) in [6, 6.07) is 5.18. The van der Waals surface area contributed by atoms with Crippen molar-refractivity contribution in [3.05, 3.63) is 28.2 Å². The minimum absolute atomic E-state index is 0.0359. The van der Waals surface area contributed by atoms with Crippen LogP contribution >= 0.6 is 23.2 Å². The second-order valence-corrected chi connectivity index (χ2v) is 4.32. The number of hydrogen-bond donors (Lipinski definition) is 1. The number of hydrogen-bond acceptors (Lipinski definition) is 4. The number of ether oxygens (including phenoxy) is 2. The zero-order valence-electron chi connectivity index (χ0n) is 10.0. The molecule has 1 N–H and O–H groups in total. The van der Waals surface area contributed by atoms with Crippen LogP contribution in [0.3, 0.4) is 0 Å². The number of benzene rings is 1. The maximum atomic E-state index is 11.0. The van der Waals surface area contributed by atoms with Crippen LogP contribution in [0.25, 0.3) is 0 Å². The molecule has 0 aliphatic heterocycles. The molecule has 0 aromatic heterocycles. The smallest absolute Gasteiger partial charge is 0.332 e. The molecule has 0 saturated carbocycles. The molecular weight excluding hydrogens is 277 g/mol. The van der Waals surface area contributed by atoms with E-state index in [1.807, 2.05) is 0 Å². The predicted octanol–water partition coefficient (Wildman–Crippen LogP) is 2.99. The molecule has 0 amide bonds. The SMILES string of the molecule is CCOC(=O)COCCNc1cc(Cl)cc(Cl)c1. The summed E-state index contributed by atoms with van der Waals surface area (Å²) in [5, 5.41) is 4.22. The summed E-state index contributed by atoms with van der Waals surface area (Å²) < 4.78 is 9.85. The molecule has 1 aromatic carbocycles. The topological polar surface area (TPSA) is 47.6 Å². The Hall–Kier alpha value is -0.970. The number of esters is 1. The van der Waals surface area contributed by atoms with Crippen molar-refractivity contribution in [3.8, 4) is 0 Å². The van der Waals surface area contributed by atoms with Crippen LogP contribution in [0, 0.1) is 0 Å². The average Bonchev–Trinajstić information content (AvgIpc) is 2.27. The Morgan fingerprint density at radius 1 is 1.28 bits per heavy atom. The highest BCUT2D eigenvalue weighted by molar-refractivity contribution is 6.35. The lowest BCUT2D eigenvalue weighted by Crippen LogP contribution is -2.16. The van der Waals surface area contributed by atoms with Crippen LogP contribution in [0.15, 0.2) is 18.2 Å². The molecule has 18 heavy (non-hydrogen) atoms. The summed E-state index contributed by atoms with van der Waals surface area (Å²) in [6.45, 7) is 3.02. The third-order valence-electron chi connectivity index (χ3n) is 1.96. The fraction of sp³-hybridized carbons (Fsp3) is 0.417. The highest BCUT2D eigenvalue weighted by Gasteiger charge is 2.01. The Morgan fingerprint density at radius 3 is 2.56 bits per heavy atom. The van der Waals surface area contributed by atoms with Gasteiger partial charge in [0.15, 0.2) is 0 Å². The maximum absolute atomic E-state index is 11.0. The first-order valence-electron chi connectivity index (χ1n) is 5.55. The zero-order valence-corrected chi connectivity index (χ0v) is 11.6. The van der Waals surface area contributed by atoms with Gasteiger partial charge < -0.3 is 14.8 Å². The molecule has 4 nitrogen and oxygen atoms in total. The van der Waals surface area contributed by atoms with E-state index in [2.05, 4.69) is 5.32 Å². The Labute approximate surface area is 116 Å². The number of carbonyl (C=O) groups is 1. The van der Waals surface area contributed by atoms with E-state index in [0.29, 0.717) is 29.8 Å². The van der Waals surface area contributed by atoms with E-state index < -0.39 is 0 Å². The molecule has 6 heteroatoms. The third-order valence-corrected chi connectivity index (χ3v) is 2.40. The first kappa shape index (κ1) is 15.1. The van der Waals surface area contributed by atoms with Gasteiger partial charge >= 0.3 is 5.97 Å². The van der Waals surface area contributed by atoms with Crippen molar-refractivity contribution < 1.29 is 14.3 Å². The van der Waals surface area contributed by atoms with Gasteiger partial charge in [0.25, 0.3) is 0 Å². The van der Waals surface area contributed by atoms with Gasteiger partial charge in [0.2, 0.25) is 0 Å². The van der Waals surface area contributed by atoms with E-state index in [0.717, 1.165) is 5.69 Å². The van der Waals surface area contributed by atoms with Crippen LogP contribution in [-0.2, 0) is 14.3 Å². The van der Waals surface area contributed by atoms with Gasteiger partial charge in [0, 0.05) is 22.3 Å². The van der Waals surface area contributed by atoms with Gasteiger partial charge in [-0.05, 0) is 25.1 Å². The van der Waals surface area contributed by atoms with E-state index in [4.69, 9.17) is 32.7 Å². The molecule has 0 saturated heterocycles. The lowest BCUT2D eigenvalue weighted by molar-refractivity contribution is -0.148. The highest BCUT2D eigenvalue weighted by atomic mass is 35.5. The van der Waals surface area contributed by atoms with Gasteiger partial charge in [-0.15, -0.1) is 0 Å². The van der Waals surface area contributed by atoms with Gasteiger partial charge in [-0.3, -0.25) is 0 Å². The van der Waals surface area contributed by atoms with Crippen LogP contribution in [-0.4, -0.2) is 32.3 Å². The summed E-state index contributed by atoms with van der Waals surface area (Å²) in [6.07, 6.45) is 0. The van der Waals surface area contributed by atoms with Gasteiger partial charge in [-0.1, -0.05) is 23.2 Å². The molecule has 0 unspecified atom stereocenters. The molecule has 0 heterocycles. The molecule has 0 radical (unpaired) electrons. The van der Waals surface area contributed by atoms with E-state index in [1.165, 1.54) is 0 Å². The number of carbonyl (C=O) groups excluding carboxylic acids is 1. The second kappa shape index (κ2) is 8.19. The number of rotatable bonds is 7. The number of anilines is 1. The van der Waals surface area contributed by atoms with Crippen LogP contribution in [0.1, 0.15) is 6.92 Å². The van der Waals surface area contributed by atoms with E-state index in [-0.39, 0.29) is 12.6 Å². The monoisotopic (exact) mass is 291 g/mol. The molecule has 0 fully saturated rings. The first-order chi connectivity index (χ1) is 8.61. The predicted molar refractivity (Wildman–Crippen MR) is 72.4 cm³/mol. The van der Waals surface area contributed by atoms with Crippen LogP contribution in [0.2, 0.25) is 10.0 Å². The molecule has 1 aromatic rings. The summed E-state index contributed by atoms with van der Waals surface area (Å²) in [5.74, 6) is -0.358. The largest absolute Gasteiger partial charge is 0.464 e. The van der Waals surface area contributed by atoms with Crippen molar-refractivity contribution in [2.75, 3.05) is 31.7 Å². The first-order valence-corrected chi connectivity index (χ1v) is 6.30. The summed E-state index contributed by atoms with van der Waals surface area (Å²) in [7, 11) is 0. The lowest BCUT2D eigenvalue weighted by Gasteiger charge is -2.08. The van der Waals surface area contributed by atoms with Gasteiger partial charge in [-0.2, -0.15) is 0 Å². The third kappa shape index (κ3) is 6.10. The summed E-state index contributed by atoms with van der Waals surface area (Å²) in [5.41, 5.74) is 0.812. The van der Waals surface area contributed by atoms with E-state index in [1.54, 1.807) is 25.1 Å². The van der Waals surface area contributed by atoms with Crippen molar-refractivity contribution in [1.82, 2.24) is 0 Å². The van der Waals surface area contributed by atoms with Crippen LogP contribution in [0.4, 0.5) is 5.69 Å². The molecule has 100 valence electrons. The molecule has 0 aliphatic rings. The molecule has 0 aliphatic carbocycles. The van der Waals surface area contributed by atoms with Crippen LogP contribution in [0.5, 0.6) is 0 Å². The zero-order chi connectivity index (χ0) is 13.4. The Morgan fingerprint density at radius 2 is 1.94 bits per heavy atom. The van der Waals surface area contributed by atoms with Gasteiger partial charge in [0.1, 0.15) is 6.61 Å². The van der Waals surface area contributed by atoms with Crippen molar-refractivity contribution >= 4 is 34.9 Å². The molecule has 1 rings (SSSR count). The summed E-state index contributed by atoms with van der Waals surface area (Å²) >= 11 is 11.7. The van der Waals surface area contributed by atoms with E-state index >= 15 is 0 Å². The van der Waals surface area contributed by atoms with Crippen molar-refractivity contribution in [1.29, 1.82) is 0 Å². The van der Waals surface area contributed by atoms with E-state index in [9.17, 15) is 4.79 Å². The molecule has 0 atom stereocenters. The fourth-order valence-electron chi connectivity index (χ4n) is 1.28. The quantitative estimate of drug-likeness (QED) is 0.620. The lowest BCUT2D eigenvalue weighted by atomic mass is 10.3. The van der Waals surface area contributed by atoms with Gasteiger partial charge in [-0.25, -0.2) is 4.79 Å². The Bertz CT molecular complexity index is 379. The number of halogens is 2. The minimum Gasteiger partial charge on any atom is -0.464 e. The molecule has 0 bridgehead atoms. The fourth-order valence-corrected chi connectivity index (χ4v) is 1.81. The maximum Gasteiger partial charge on any atom is 0.332 e. The van der Waals surface area contributed by atoms with Crippen molar-refractivity contribution in [3.63, 3.8) is 0 Å². The second-order valence-electron chi connectivity index (χ2n) is 3.44. The average molecular weight is 292 g/mol. The normalized spacial score (nSPS) is 10.2. The minimum atomic E-state index is -0.358.